The van der Waals surface area contributed by atoms with Crippen LogP contribution in [0.5, 0.6) is 0 Å². The standard InChI is InChI=1S/C20H19ClF6N4O/c1-18(19(16(23)24)11-6-13(11)32-17(28)31-19)7-10(3-5-14(18)22)30-15(20(25,26)27)12-4-2-9(21)8-29-12/h2-5,8,11,13,15-16,30H,6-7H2,1H3,(H2,28,31)/t11?,13-,15-,18?,19-/m1/s1. The van der Waals surface area contributed by atoms with Crippen LogP contribution in [0.15, 0.2) is 47.0 Å². The maximum Gasteiger partial charge on any atom is 0.414 e. The Balaban J connectivity index is 1.69. The van der Waals surface area contributed by atoms with Crippen molar-refractivity contribution in [3.8, 4) is 0 Å². The number of nitrogens with one attached hydrogen (secondary N) is 1. The number of nitrogens with zero attached hydrogens (tertiary/aromatic N) is 2. The average molecular weight is 481 g/mol. The predicted octanol–water partition coefficient (Wildman–Crippen LogP) is 4.81. The molecule has 4 rings (SSSR count). The molecule has 0 amide bonds. The number of aliphatic imine (C=N–C) groups is 1. The lowest BCUT2D eigenvalue weighted by Crippen LogP contribution is -2.57. The fraction of sp³-hybridized carbons (Fsp3) is 0.500. The van der Waals surface area contributed by atoms with Crippen molar-refractivity contribution < 1.29 is 31.1 Å². The SMILES string of the molecule is CC1([C@@]2(C(F)F)N=C(N)O[C@@H]3CC32)CC(N[C@H](c2ccc(Cl)cn2)C(F)(F)F)=CC=C1F. The van der Waals surface area contributed by atoms with Crippen LogP contribution in [-0.2, 0) is 4.74 Å². The Hall–Kier alpha value is -2.43. The molecular formula is C20H19ClF6N4O. The van der Waals surface area contributed by atoms with Gasteiger partial charge in [0.1, 0.15) is 17.5 Å². The molecule has 5 atom stereocenters. The summed E-state index contributed by atoms with van der Waals surface area (Å²) in [5, 5.41) is 2.46. The van der Waals surface area contributed by atoms with Gasteiger partial charge in [0.15, 0.2) is 6.04 Å². The van der Waals surface area contributed by atoms with Crippen molar-refractivity contribution in [1.29, 1.82) is 0 Å². The molecule has 1 aromatic heterocycles. The summed E-state index contributed by atoms with van der Waals surface area (Å²) < 4.78 is 90.6. The smallest absolute Gasteiger partial charge is 0.414 e. The van der Waals surface area contributed by atoms with Gasteiger partial charge in [0.05, 0.1) is 16.1 Å². The molecule has 174 valence electrons. The molecule has 1 aromatic rings. The van der Waals surface area contributed by atoms with Gasteiger partial charge in [-0.2, -0.15) is 13.2 Å². The first-order valence-electron chi connectivity index (χ1n) is 9.70. The number of rotatable bonds is 5. The molecule has 2 heterocycles. The molecular weight excluding hydrogens is 462 g/mol. The van der Waals surface area contributed by atoms with Crippen molar-refractivity contribution in [2.45, 2.75) is 50.1 Å². The van der Waals surface area contributed by atoms with E-state index in [1.165, 1.54) is 13.0 Å². The Morgan fingerprint density at radius 1 is 1.28 bits per heavy atom. The predicted molar refractivity (Wildman–Crippen MR) is 105 cm³/mol. The summed E-state index contributed by atoms with van der Waals surface area (Å²) in [7, 11) is 0. The van der Waals surface area contributed by atoms with Gasteiger partial charge in [-0.15, -0.1) is 0 Å². The van der Waals surface area contributed by atoms with Gasteiger partial charge in [-0.05, 0) is 30.7 Å². The zero-order chi connectivity index (χ0) is 23.5. The first kappa shape index (κ1) is 22.8. The van der Waals surface area contributed by atoms with E-state index in [4.69, 9.17) is 22.1 Å². The van der Waals surface area contributed by atoms with E-state index < -0.39 is 59.9 Å². The molecule has 0 aromatic carbocycles. The van der Waals surface area contributed by atoms with Crippen molar-refractivity contribution in [2.24, 2.45) is 22.1 Å². The van der Waals surface area contributed by atoms with E-state index in [9.17, 15) is 22.0 Å². The van der Waals surface area contributed by atoms with Gasteiger partial charge in [0.25, 0.3) is 12.4 Å². The second-order valence-electron chi connectivity index (χ2n) is 8.31. The van der Waals surface area contributed by atoms with Crippen LogP contribution in [0.25, 0.3) is 0 Å². The lowest BCUT2D eigenvalue weighted by Gasteiger charge is -2.47. The number of allylic oxidation sites excluding steroid dienone is 3. The quantitative estimate of drug-likeness (QED) is 0.593. The Kier molecular flexibility index (Phi) is 5.38. The summed E-state index contributed by atoms with van der Waals surface area (Å²) in [6.07, 6.45) is -5.77. The van der Waals surface area contributed by atoms with E-state index in [0.29, 0.717) is 0 Å². The summed E-state index contributed by atoms with van der Waals surface area (Å²) in [5.41, 5.74) is 0.904. The fourth-order valence-corrected chi connectivity index (χ4v) is 4.69. The van der Waals surface area contributed by atoms with Crippen molar-refractivity contribution in [3.05, 3.63) is 52.7 Å². The Bertz CT molecular complexity index is 995. The third-order valence-corrected chi connectivity index (χ3v) is 6.51. The first-order valence-corrected chi connectivity index (χ1v) is 10.1. The number of hydrogen-bond acceptors (Lipinski definition) is 5. The molecule has 32 heavy (non-hydrogen) atoms. The number of nitrogens with two attached hydrogens (primary N) is 1. The van der Waals surface area contributed by atoms with Crippen molar-refractivity contribution in [3.63, 3.8) is 0 Å². The molecule has 1 saturated carbocycles. The number of pyridine rings is 1. The van der Waals surface area contributed by atoms with Gasteiger partial charge in [0.2, 0.25) is 0 Å². The van der Waals surface area contributed by atoms with Crippen LogP contribution in [0, 0.1) is 11.3 Å². The van der Waals surface area contributed by atoms with Gasteiger partial charge < -0.3 is 15.8 Å². The lowest BCUT2D eigenvalue weighted by molar-refractivity contribution is -0.157. The number of aromatic nitrogens is 1. The molecule has 3 N–H and O–H groups in total. The third-order valence-electron chi connectivity index (χ3n) is 6.29. The second-order valence-corrected chi connectivity index (χ2v) is 8.75. The van der Waals surface area contributed by atoms with Gasteiger partial charge in [-0.3, -0.25) is 4.98 Å². The summed E-state index contributed by atoms with van der Waals surface area (Å²) >= 11 is 5.71. The Morgan fingerprint density at radius 2 is 2.00 bits per heavy atom. The molecule has 0 spiro atoms. The highest BCUT2D eigenvalue weighted by atomic mass is 35.5. The van der Waals surface area contributed by atoms with E-state index in [0.717, 1.165) is 24.4 Å². The highest BCUT2D eigenvalue weighted by Gasteiger charge is 2.71. The maximum absolute atomic E-state index is 15.1. The van der Waals surface area contributed by atoms with E-state index in [-0.39, 0.29) is 22.8 Å². The molecule has 0 radical (unpaired) electrons. The highest BCUT2D eigenvalue weighted by Crippen LogP contribution is 2.62. The van der Waals surface area contributed by atoms with Crippen molar-refractivity contribution >= 4 is 17.6 Å². The minimum absolute atomic E-state index is 0.0922. The lowest BCUT2D eigenvalue weighted by atomic mass is 9.63. The molecule has 2 aliphatic carbocycles. The number of alkyl halides is 5. The summed E-state index contributed by atoms with van der Waals surface area (Å²) in [6.45, 7) is 1.22. The van der Waals surface area contributed by atoms with Crippen molar-refractivity contribution in [2.75, 3.05) is 0 Å². The largest absolute Gasteiger partial charge is 0.462 e. The van der Waals surface area contributed by atoms with Crippen LogP contribution in [0.3, 0.4) is 0 Å². The molecule has 12 heteroatoms. The zero-order valence-corrected chi connectivity index (χ0v) is 17.4. The van der Waals surface area contributed by atoms with Gasteiger partial charge in [0, 0.05) is 24.2 Å². The number of halogens is 7. The number of hydrogen-bond donors (Lipinski definition) is 2. The summed E-state index contributed by atoms with van der Waals surface area (Å²) in [5.74, 6) is -1.73. The van der Waals surface area contributed by atoms with Crippen LogP contribution in [0.1, 0.15) is 31.5 Å². The average Bonchev–Trinajstić information content (AvgIpc) is 3.47. The normalized spacial score (nSPS) is 32.8. The minimum Gasteiger partial charge on any atom is -0.462 e. The Morgan fingerprint density at radius 3 is 2.59 bits per heavy atom. The number of fused-ring (bicyclic) bond motifs is 1. The Labute approximate surface area is 184 Å². The third kappa shape index (κ3) is 3.60. The van der Waals surface area contributed by atoms with Gasteiger partial charge in [-0.25, -0.2) is 18.2 Å². The van der Waals surface area contributed by atoms with E-state index in [1.54, 1.807) is 0 Å². The van der Waals surface area contributed by atoms with Gasteiger partial charge >= 0.3 is 6.18 Å². The molecule has 0 bridgehead atoms. The second kappa shape index (κ2) is 7.57. The zero-order valence-electron chi connectivity index (χ0n) is 16.6. The van der Waals surface area contributed by atoms with Crippen LogP contribution >= 0.6 is 11.6 Å². The highest BCUT2D eigenvalue weighted by molar-refractivity contribution is 6.30. The van der Waals surface area contributed by atoms with Crippen LogP contribution in [-0.4, -0.2) is 35.3 Å². The van der Waals surface area contributed by atoms with E-state index in [2.05, 4.69) is 15.3 Å². The molecule has 5 nitrogen and oxygen atoms in total. The van der Waals surface area contributed by atoms with Crippen molar-refractivity contribution in [1.82, 2.24) is 10.3 Å². The first-order chi connectivity index (χ1) is 14.9. The molecule has 2 unspecified atom stereocenters. The summed E-state index contributed by atoms with van der Waals surface area (Å²) in [6, 6.07) is -0.391. The molecule has 1 fully saturated rings. The molecule has 3 aliphatic rings. The van der Waals surface area contributed by atoms with E-state index in [1.807, 2.05) is 0 Å². The molecule has 0 saturated heterocycles. The van der Waals surface area contributed by atoms with Crippen LogP contribution in [0.4, 0.5) is 26.3 Å². The monoisotopic (exact) mass is 480 g/mol. The number of amidine groups is 1. The maximum atomic E-state index is 15.1. The molecule has 1 aliphatic heterocycles. The van der Waals surface area contributed by atoms with Crippen LogP contribution < -0.4 is 11.1 Å². The number of ether oxygens (including phenoxy) is 1. The van der Waals surface area contributed by atoms with Crippen LogP contribution in [0.2, 0.25) is 5.02 Å². The fourth-order valence-electron chi connectivity index (χ4n) is 4.58. The summed E-state index contributed by atoms with van der Waals surface area (Å²) in [4.78, 5) is 7.57. The van der Waals surface area contributed by atoms with Gasteiger partial charge in [-0.1, -0.05) is 18.5 Å². The minimum atomic E-state index is -4.78. The topological polar surface area (TPSA) is 72.5 Å². The van der Waals surface area contributed by atoms with E-state index >= 15 is 4.39 Å².